The monoisotopic (exact) mass is 217 g/mol. The maximum atomic E-state index is 5.00. The molecule has 0 aromatic rings. The van der Waals surface area contributed by atoms with Crippen LogP contribution in [0.5, 0.6) is 0 Å². The Bertz CT molecular complexity index is 148. The fourth-order valence-corrected chi connectivity index (χ4v) is 1.36. The van der Waals surface area contributed by atoms with Crippen LogP contribution in [0.3, 0.4) is 0 Å². The van der Waals surface area contributed by atoms with Crippen LogP contribution in [0.25, 0.3) is 0 Å². The van der Waals surface area contributed by atoms with E-state index in [4.69, 9.17) is 24.4 Å². The van der Waals surface area contributed by atoms with Crippen molar-refractivity contribution in [3.05, 3.63) is 0 Å². The van der Waals surface area contributed by atoms with E-state index in [9.17, 15) is 0 Å². The first kappa shape index (κ1) is 13.0. The van der Waals surface area contributed by atoms with Gasteiger partial charge < -0.3 is 5.32 Å². The van der Waals surface area contributed by atoms with Gasteiger partial charge in [0.05, 0.1) is 4.99 Å². The average molecular weight is 217 g/mol. The summed E-state index contributed by atoms with van der Waals surface area (Å²) in [6.07, 6.45) is 6.12. The summed E-state index contributed by atoms with van der Waals surface area (Å²) in [5.41, 5.74) is 0. The number of nitrogens with one attached hydrogen (secondary N) is 1. The third kappa shape index (κ3) is 12.0. The molecule has 0 saturated heterocycles. The van der Waals surface area contributed by atoms with Gasteiger partial charge in [0.25, 0.3) is 0 Å². The summed E-state index contributed by atoms with van der Waals surface area (Å²) in [5, 5.41) is 3.15. The molecule has 0 bridgehead atoms. The molecule has 0 aromatic heterocycles. The van der Waals surface area contributed by atoms with E-state index in [0.717, 1.165) is 22.8 Å². The molecule has 0 aliphatic carbocycles. The van der Waals surface area contributed by atoms with Crippen LogP contribution in [0.4, 0.5) is 0 Å². The molecule has 1 N–H and O–H groups in total. The first-order chi connectivity index (χ1) is 6.13. The maximum Gasteiger partial charge on any atom is 0.0721 e. The Morgan fingerprint density at radius 2 is 1.62 bits per heavy atom. The molecule has 0 heterocycles. The van der Waals surface area contributed by atoms with Crippen molar-refractivity contribution in [1.82, 2.24) is 5.32 Å². The van der Waals surface area contributed by atoms with Gasteiger partial charge in [0.15, 0.2) is 0 Å². The molecule has 0 unspecified atom stereocenters. The van der Waals surface area contributed by atoms with Crippen molar-refractivity contribution in [3.8, 4) is 0 Å². The zero-order chi connectivity index (χ0) is 10.1. The third-order valence-electron chi connectivity index (χ3n) is 1.83. The largest absolute Gasteiger partial charge is 0.380 e. The quantitative estimate of drug-likeness (QED) is 0.519. The van der Waals surface area contributed by atoms with Gasteiger partial charge in [-0.25, -0.2) is 0 Å². The Morgan fingerprint density at radius 1 is 1.00 bits per heavy atom. The Kier molecular flexibility index (Phi) is 8.56. The zero-order valence-corrected chi connectivity index (χ0v) is 10.2. The first-order valence-corrected chi connectivity index (χ1v) is 5.68. The van der Waals surface area contributed by atoms with E-state index in [2.05, 4.69) is 5.32 Å². The number of thiocarbonyl (C=S) groups is 2. The Hall–Kier alpha value is -0.0200. The molecule has 0 spiro atoms. The maximum absolute atomic E-state index is 5.00. The number of hydrogen-bond acceptors (Lipinski definition) is 2. The molecule has 0 radical (unpaired) electrons. The summed E-state index contributed by atoms with van der Waals surface area (Å²) >= 11 is 9.90. The van der Waals surface area contributed by atoms with E-state index >= 15 is 0 Å². The van der Waals surface area contributed by atoms with Crippen LogP contribution in [-0.2, 0) is 0 Å². The van der Waals surface area contributed by atoms with Crippen molar-refractivity contribution in [1.29, 1.82) is 0 Å². The second-order valence-electron chi connectivity index (χ2n) is 3.35. The normalized spacial score (nSPS) is 9.69. The molecular formula is C10H19NS2. The van der Waals surface area contributed by atoms with Crippen molar-refractivity contribution < 1.29 is 0 Å². The van der Waals surface area contributed by atoms with Gasteiger partial charge in [0.1, 0.15) is 0 Å². The van der Waals surface area contributed by atoms with E-state index < -0.39 is 0 Å². The fraction of sp³-hybridized carbons (Fsp3) is 0.800. The lowest BCUT2D eigenvalue weighted by Gasteiger charge is -2.03. The molecular weight excluding hydrogens is 198 g/mol. The van der Waals surface area contributed by atoms with Gasteiger partial charge in [-0.2, -0.15) is 0 Å². The third-order valence-corrected chi connectivity index (χ3v) is 2.18. The van der Waals surface area contributed by atoms with Crippen LogP contribution in [0.15, 0.2) is 0 Å². The zero-order valence-electron chi connectivity index (χ0n) is 8.56. The molecule has 13 heavy (non-hydrogen) atoms. The summed E-state index contributed by atoms with van der Waals surface area (Å²) in [5.74, 6) is 0. The van der Waals surface area contributed by atoms with Crippen LogP contribution in [-0.4, -0.2) is 16.4 Å². The van der Waals surface area contributed by atoms with Gasteiger partial charge in [-0.3, -0.25) is 0 Å². The molecule has 0 amide bonds. The predicted octanol–water partition coefficient (Wildman–Crippen LogP) is 3.26. The minimum Gasteiger partial charge on any atom is -0.380 e. The minimum atomic E-state index is 0.898. The Morgan fingerprint density at radius 3 is 2.15 bits per heavy atom. The summed E-state index contributed by atoms with van der Waals surface area (Å²) in [4.78, 5) is 2.03. The molecule has 0 aliphatic heterocycles. The molecule has 0 rings (SSSR count). The van der Waals surface area contributed by atoms with Crippen LogP contribution in [0, 0.1) is 0 Å². The van der Waals surface area contributed by atoms with E-state index in [1.807, 2.05) is 13.8 Å². The summed E-state index contributed by atoms with van der Waals surface area (Å²) in [6.45, 7) is 4.96. The van der Waals surface area contributed by atoms with Crippen LogP contribution < -0.4 is 5.32 Å². The second kappa shape index (κ2) is 8.57. The average Bonchev–Trinajstić information content (AvgIpc) is 2.01. The molecule has 0 aliphatic rings. The molecule has 0 saturated carbocycles. The van der Waals surface area contributed by atoms with Crippen LogP contribution >= 0.6 is 24.4 Å². The molecule has 1 nitrogen and oxygen atoms in total. The highest BCUT2D eigenvalue weighted by Gasteiger charge is 1.92. The van der Waals surface area contributed by atoms with Gasteiger partial charge >= 0.3 is 0 Å². The number of hydrogen-bond donors (Lipinski definition) is 1. The van der Waals surface area contributed by atoms with E-state index in [-0.39, 0.29) is 0 Å². The van der Waals surface area contributed by atoms with Crippen molar-refractivity contribution in [2.24, 2.45) is 0 Å². The van der Waals surface area contributed by atoms with Crippen LogP contribution in [0.2, 0.25) is 0 Å². The van der Waals surface area contributed by atoms with Gasteiger partial charge in [0, 0.05) is 6.54 Å². The Balaban J connectivity index is 3.00. The molecule has 0 atom stereocenters. The van der Waals surface area contributed by atoms with E-state index in [1.165, 1.54) is 25.7 Å². The van der Waals surface area contributed by atoms with Crippen molar-refractivity contribution >= 4 is 34.3 Å². The van der Waals surface area contributed by atoms with Crippen molar-refractivity contribution in [3.63, 3.8) is 0 Å². The lowest BCUT2D eigenvalue weighted by atomic mass is 10.1. The number of unbranched alkanes of at least 4 members (excludes halogenated alkanes) is 3. The van der Waals surface area contributed by atoms with Gasteiger partial charge in [-0.1, -0.05) is 37.3 Å². The number of rotatable bonds is 7. The molecule has 3 heteroatoms. The fourth-order valence-electron chi connectivity index (χ4n) is 1.12. The predicted molar refractivity (Wildman–Crippen MR) is 67.6 cm³/mol. The molecule has 76 valence electrons. The van der Waals surface area contributed by atoms with Gasteiger partial charge in [-0.05, 0) is 38.0 Å². The second-order valence-corrected chi connectivity index (χ2v) is 4.66. The Labute approximate surface area is 92.3 Å². The van der Waals surface area contributed by atoms with Crippen molar-refractivity contribution in [2.75, 3.05) is 6.54 Å². The first-order valence-electron chi connectivity index (χ1n) is 4.87. The topological polar surface area (TPSA) is 12.0 Å². The lowest BCUT2D eigenvalue weighted by Crippen LogP contribution is -2.18. The summed E-state index contributed by atoms with van der Waals surface area (Å²) in [7, 11) is 0. The molecule has 0 fully saturated rings. The van der Waals surface area contributed by atoms with Gasteiger partial charge in [0.2, 0.25) is 0 Å². The van der Waals surface area contributed by atoms with Crippen molar-refractivity contribution in [2.45, 2.75) is 46.0 Å². The SMILES string of the molecule is CC(=S)CCCCCCNC(C)=S. The molecule has 0 aromatic carbocycles. The highest BCUT2D eigenvalue weighted by molar-refractivity contribution is 7.80. The summed E-state index contributed by atoms with van der Waals surface area (Å²) in [6, 6.07) is 0. The van der Waals surface area contributed by atoms with E-state index in [0.29, 0.717) is 0 Å². The minimum absolute atomic E-state index is 0.898. The smallest absolute Gasteiger partial charge is 0.0721 e. The van der Waals surface area contributed by atoms with E-state index in [1.54, 1.807) is 0 Å². The van der Waals surface area contributed by atoms with Crippen LogP contribution in [0.1, 0.15) is 46.0 Å². The van der Waals surface area contributed by atoms with Gasteiger partial charge in [-0.15, -0.1) is 0 Å². The lowest BCUT2D eigenvalue weighted by molar-refractivity contribution is 0.644. The summed E-state index contributed by atoms with van der Waals surface area (Å²) < 4.78 is 0. The standard InChI is InChI=1S/C10H19NS2/c1-9(12)7-5-3-4-6-8-11-10(2)13/h3-8H2,1-2H3,(H,11,13). The highest BCUT2D eigenvalue weighted by Crippen LogP contribution is 2.03. The highest BCUT2D eigenvalue weighted by atomic mass is 32.1.